The van der Waals surface area contributed by atoms with Crippen molar-refractivity contribution in [2.45, 2.75) is 65.1 Å². The molecule has 19 heavy (non-hydrogen) atoms. The highest BCUT2D eigenvalue weighted by molar-refractivity contribution is 7.11. The molecule has 1 fully saturated rings. The number of rotatable bonds is 5. The molecule has 3 nitrogen and oxygen atoms in total. The topological polar surface area (TPSA) is 34.2 Å². The largest absolute Gasteiger partial charge is 0.378 e. The maximum absolute atomic E-state index is 5.83. The van der Waals surface area contributed by atoms with Gasteiger partial charge in [0, 0.05) is 23.7 Å². The van der Waals surface area contributed by atoms with E-state index in [1.54, 1.807) is 0 Å². The molecule has 1 aromatic rings. The lowest BCUT2D eigenvalue weighted by Crippen LogP contribution is -2.41. The third-order valence-electron chi connectivity index (χ3n) is 3.83. The number of aryl methyl sites for hydroxylation is 1. The smallest absolute Gasteiger partial charge is 0.109 e. The van der Waals surface area contributed by atoms with Gasteiger partial charge in [0.15, 0.2) is 0 Å². The fraction of sp³-hybridized carbons (Fsp3) is 0.800. The molecule has 0 saturated carbocycles. The third kappa shape index (κ3) is 4.01. The number of nitrogens with zero attached hydrogens (tertiary/aromatic N) is 1. The van der Waals surface area contributed by atoms with E-state index >= 15 is 0 Å². The summed E-state index contributed by atoms with van der Waals surface area (Å²) in [5.74, 6) is 0.603. The van der Waals surface area contributed by atoms with Crippen molar-refractivity contribution in [2.75, 3.05) is 6.61 Å². The molecule has 1 aromatic heterocycles. The maximum Gasteiger partial charge on any atom is 0.109 e. The highest BCUT2D eigenvalue weighted by Gasteiger charge is 2.26. The van der Waals surface area contributed by atoms with Gasteiger partial charge in [-0.3, -0.25) is 0 Å². The monoisotopic (exact) mass is 282 g/mol. The molecule has 3 unspecified atom stereocenters. The summed E-state index contributed by atoms with van der Waals surface area (Å²) in [6.07, 6.45) is 5.73. The van der Waals surface area contributed by atoms with Crippen molar-refractivity contribution in [1.29, 1.82) is 0 Å². The van der Waals surface area contributed by atoms with E-state index in [1.807, 2.05) is 17.5 Å². The normalized spacial score (nSPS) is 25.7. The van der Waals surface area contributed by atoms with Crippen LogP contribution in [0, 0.1) is 5.92 Å². The van der Waals surface area contributed by atoms with Gasteiger partial charge in [-0.25, -0.2) is 4.98 Å². The third-order valence-corrected chi connectivity index (χ3v) is 5.16. The fourth-order valence-corrected chi connectivity index (χ4v) is 3.42. The Labute approximate surface area is 120 Å². The van der Waals surface area contributed by atoms with E-state index in [2.05, 4.69) is 38.0 Å². The molecule has 0 spiro atoms. The van der Waals surface area contributed by atoms with Crippen molar-refractivity contribution in [2.24, 2.45) is 5.92 Å². The molecule has 1 saturated heterocycles. The minimum atomic E-state index is 0.348. The summed E-state index contributed by atoms with van der Waals surface area (Å²) in [5, 5.41) is 4.94. The van der Waals surface area contributed by atoms with Gasteiger partial charge in [0.2, 0.25) is 0 Å². The van der Waals surface area contributed by atoms with Gasteiger partial charge < -0.3 is 10.1 Å². The summed E-state index contributed by atoms with van der Waals surface area (Å²) in [5.41, 5.74) is 0. The second kappa shape index (κ2) is 6.82. The van der Waals surface area contributed by atoms with Crippen molar-refractivity contribution in [3.63, 3.8) is 0 Å². The molecule has 0 aromatic carbocycles. The minimum Gasteiger partial charge on any atom is -0.378 e. The van der Waals surface area contributed by atoms with Gasteiger partial charge >= 0.3 is 0 Å². The summed E-state index contributed by atoms with van der Waals surface area (Å²) in [6.45, 7) is 9.76. The summed E-state index contributed by atoms with van der Waals surface area (Å²) >= 11 is 1.83. The molecule has 0 radical (unpaired) electrons. The zero-order chi connectivity index (χ0) is 13.8. The van der Waals surface area contributed by atoms with Crippen LogP contribution < -0.4 is 5.32 Å². The lowest BCUT2D eigenvalue weighted by molar-refractivity contribution is -0.0257. The second-order valence-corrected chi connectivity index (χ2v) is 6.93. The van der Waals surface area contributed by atoms with Gasteiger partial charge in [0.25, 0.3) is 0 Å². The highest BCUT2D eigenvalue weighted by atomic mass is 32.1. The van der Waals surface area contributed by atoms with E-state index in [0.717, 1.165) is 25.9 Å². The molecule has 1 aliphatic heterocycles. The molecule has 0 amide bonds. The fourth-order valence-electron chi connectivity index (χ4n) is 2.56. The molecule has 2 rings (SSSR count). The van der Waals surface area contributed by atoms with E-state index < -0.39 is 0 Å². The molecular weight excluding hydrogens is 256 g/mol. The molecule has 108 valence electrons. The Morgan fingerprint density at radius 2 is 2.26 bits per heavy atom. The quantitative estimate of drug-likeness (QED) is 0.896. The van der Waals surface area contributed by atoms with Gasteiger partial charge in [-0.05, 0) is 32.1 Å². The number of nitrogens with one attached hydrogen (secondary N) is 1. The van der Waals surface area contributed by atoms with Crippen molar-refractivity contribution in [1.82, 2.24) is 10.3 Å². The van der Waals surface area contributed by atoms with E-state index in [0.29, 0.717) is 24.1 Å². The van der Waals surface area contributed by atoms with Gasteiger partial charge in [-0.2, -0.15) is 0 Å². The Kier molecular flexibility index (Phi) is 5.37. The van der Waals surface area contributed by atoms with Gasteiger partial charge in [-0.15, -0.1) is 11.3 Å². The van der Waals surface area contributed by atoms with Crippen LogP contribution in [0.2, 0.25) is 0 Å². The van der Waals surface area contributed by atoms with Crippen LogP contribution in [0.4, 0.5) is 0 Å². The molecule has 0 bridgehead atoms. The second-order valence-electron chi connectivity index (χ2n) is 5.78. The van der Waals surface area contributed by atoms with Crippen LogP contribution in [0.25, 0.3) is 0 Å². The van der Waals surface area contributed by atoms with Gasteiger partial charge in [0.05, 0.1) is 12.1 Å². The Morgan fingerprint density at radius 3 is 2.89 bits per heavy atom. The first-order valence-electron chi connectivity index (χ1n) is 7.42. The Hall–Kier alpha value is -0.450. The predicted molar refractivity (Wildman–Crippen MR) is 80.6 cm³/mol. The zero-order valence-corrected chi connectivity index (χ0v) is 13.3. The Bertz CT molecular complexity index is 391. The lowest BCUT2D eigenvalue weighted by Gasteiger charge is -2.33. The van der Waals surface area contributed by atoms with Crippen LogP contribution in [-0.2, 0) is 11.2 Å². The molecular formula is C15H26N2OS. The summed E-state index contributed by atoms with van der Waals surface area (Å²) in [4.78, 5) is 5.90. The van der Waals surface area contributed by atoms with Crippen LogP contribution in [0.3, 0.4) is 0 Å². The average Bonchev–Trinajstić information content (AvgIpc) is 2.88. The first kappa shape index (κ1) is 14.9. The summed E-state index contributed by atoms with van der Waals surface area (Å²) < 4.78 is 5.83. The minimum absolute atomic E-state index is 0.348. The average molecular weight is 282 g/mol. The van der Waals surface area contributed by atoms with Crippen LogP contribution in [-0.4, -0.2) is 23.7 Å². The number of thiazole rings is 1. The highest BCUT2D eigenvalue weighted by Crippen LogP contribution is 2.25. The van der Waals surface area contributed by atoms with Crippen LogP contribution >= 0.6 is 11.3 Å². The van der Waals surface area contributed by atoms with Crippen molar-refractivity contribution >= 4 is 11.3 Å². The summed E-state index contributed by atoms with van der Waals surface area (Å²) in [7, 11) is 0. The maximum atomic E-state index is 5.83. The Balaban J connectivity index is 1.89. The molecule has 4 heteroatoms. The number of hydrogen-bond acceptors (Lipinski definition) is 4. The molecule has 1 N–H and O–H groups in total. The first-order chi connectivity index (χ1) is 9.10. The predicted octanol–water partition coefficient (Wildman–Crippen LogP) is 3.56. The Morgan fingerprint density at radius 1 is 1.47 bits per heavy atom. The number of hydrogen-bond donors (Lipinski definition) is 1. The summed E-state index contributed by atoms with van der Waals surface area (Å²) in [6, 6.07) is 0.909. The SMILES string of the molecule is CCc1cnc(C(C)NC2CCOC(C(C)C)C2)s1. The van der Waals surface area contributed by atoms with Gasteiger partial charge in [-0.1, -0.05) is 20.8 Å². The van der Waals surface area contributed by atoms with Gasteiger partial charge in [0.1, 0.15) is 5.01 Å². The molecule has 3 atom stereocenters. The molecule has 1 aliphatic rings. The van der Waals surface area contributed by atoms with E-state index in [-0.39, 0.29) is 0 Å². The number of ether oxygens (including phenoxy) is 1. The van der Waals surface area contributed by atoms with Crippen LogP contribution in [0.15, 0.2) is 6.20 Å². The van der Waals surface area contributed by atoms with Crippen molar-refractivity contribution in [3.8, 4) is 0 Å². The van der Waals surface area contributed by atoms with E-state index in [9.17, 15) is 0 Å². The standard InChI is InChI=1S/C15H26N2OS/c1-5-13-9-16-15(19-13)11(4)17-12-6-7-18-14(8-12)10(2)3/h9-12,14,17H,5-8H2,1-4H3. The van der Waals surface area contributed by atoms with E-state index in [1.165, 1.54) is 9.88 Å². The van der Waals surface area contributed by atoms with Crippen LogP contribution in [0.1, 0.15) is 56.5 Å². The number of aromatic nitrogens is 1. The van der Waals surface area contributed by atoms with E-state index in [4.69, 9.17) is 4.74 Å². The molecule has 0 aliphatic carbocycles. The lowest BCUT2D eigenvalue weighted by atomic mass is 9.95. The first-order valence-corrected chi connectivity index (χ1v) is 8.24. The van der Waals surface area contributed by atoms with Crippen LogP contribution in [0.5, 0.6) is 0 Å². The van der Waals surface area contributed by atoms with Crippen molar-refractivity contribution in [3.05, 3.63) is 16.1 Å². The zero-order valence-electron chi connectivity index (χ0n) is 12.5. The van der Waals surface area contributed by atoms with Crippen molar-refractivity contribution < 1.29 is 4.74 Å². The molecule has 2 heterocycles.